The minimum Gasteiger partial charge on any atom is -0.493 e. The first-order valence-corrected chi connectivity index (χ1v) is 10.3. The summed E-state index contributed by atoms with van der Waals surface area (Å²) >= 11 is 0. The molecule has 0 atom stereocenters. The molecule has 0 fully saturated rings. The van der Waals surface area contributed by atoms with Gasteiger partial charge < -0.3 is 14.6 Å². The highest BCUT2D eigenvalue weighted by atomic mass is 16.5. The summed E-state index contributed by atoms with van der Waals surface area (Å²) in [6, 6.07) is 5.58. The Hall–Kier alpha value is -2.49. The molecule has 4 nitrogen and oxygen atoms in total. The Bertz CT molecular complexity index is 737. The van der Waals surface area contributed by atoms with Gasteiger partial charge in [0.25, 0.3) is 0 Å². The Morgan fingerprint density at radius 2 is 1.59 bits per heavy atom. The molecular weight excluding hydrogens is 364 g/mol. The molecule has 160 valence electrons. The van der Waals surface area contributed by atoms with Gasteiger partial charge in [-0.1, -0.05) is 34.9 Å². The standard InChI is InChI=1S/C25H36O4/c1-19(2)8-6-9-20(3)10-7-11-21(4)16-17-29-23-14-12-22(13-15-25(26)27)18-24(23)28-5/h8,10,12,14,16,18H,6-7,9,11,13,15,17H2,1-5H3,(H,26,27). The molecule has 0 aliphatic carbocycles. The minimum atomic E-state index is -0.803. The van der Waals surface area contributed by atoms with Gasteiger partial charge in [-0.2, -0.15) is 0 Å². The number of rotatable bonds is 13. The molecule has 4 heteroatoms. The second-order valence-electron chi connectivity index (χ2n) is 7.65. The fourth-order valence-electron chi connectivity index (χ4n) is 2.85. The molecule has 0 aromatic heterocycles. The Morgan fingerprint density at radius 3 is 2.21 bits per heavy atom. The molecule has 1 aromatic rings. The smallest absolute Gasteiger partial charge is 0.303 e. The largest absolute Gasteiger partial charge is 0.493 e. The van der Waals surface area contributed by atoms with Gasteiger partial charge in [0.05, 0.1) is 7.11 Å². The molecule has 0 aliphatic rings. The number of benzene rings is 1. The average Bonchev–Trinajstić information content (AvgIpc) is 2.66. The van der Waals surface area contributed by atoms with Crippen LogP contribution in [0.2, 0.25) is 0 Å². The summed E-state index contributed by atoms with van der Waals surface area (Å²) in [4.78, 5) is 10.7. The van der Waals surface area contributed by atoms with Crippen LogP contribution in [0.15, 0.2) is 53.1 Å². The quantitative estimate of drug-likeness (QED) is 0.383. The Balaban J connectivity index is 2.47. The lowest BCUT2D eigenvalue weighted by atomic mass is 10.1. The number of allylic oxidation sites excluding steroid dienone is 5. The van der Waals surface area contributed by atoms with Gasteiger partial charge in [-0.05, 0) is 83.6 Å². The first-order chi connectivity index (χ1) is 13.8. The molecule has 1 aromatic carbocycles. The van der Waals surface area contributed by atoms with Crippen LogP contribution in [0.25, 0.3) is 0 Å². The van der Waals surface area contributed by atoms with E-state index < -0.39 is 5.97 Å². The molecule has 1 N–H and O–H groups in total. The van der Waals surface area contributed by atoms with E-state index in [9.17, 15) is 4.79 Å². The molecule has 0 aliphatic heterocycles. The zero-order valence-corrected chi connectivity index (χ0v) is 18.6. The van der Waals surface area contributed by atoms with E-state index in [4.69, 9.17) is 14.6 Å². The van der Waals surface area contributed by atoms with E-state index in [1.807, 2.05) is 18.2 Å². The van der Waals surface area contributed by atoms with Crippen LogP contribution in [-0.4, -0.2) is 24.8 Å². The van der Waals surface area contributed by atoms with Crippen molar-refractivity contribution in [2.75, 3.05) is 13.7 Å². The topological polar surface area (TPSA) is 55.8 Å². The first kappa shape index (κ1) is 24.5. The number of hydrogen-bond acceptors (Lipinski definition) is 3. The summed E-state index contributed by atoms with van der Waals surface area (Å²) < 4.78 is 11.2. The summed E-state index contributed by atoms with van der Waals surface area (Å²) in [5.41, 5.74) is 5.05. The van der Waals surface area contributed by atoms with Crippen LogP contribution in [0.1, 0.15) is 65.4 Å². The number of aliphatic carboxylic acids is 1. The van der Waals surface area contributed by atoms with E-state index >= 15 is 0 Å². The van der Waals surface area contributed by atoms with Gasteiger partial charge in [0, 0.05) is 6.42 Å². The van der Waals surface area contributed by atoms with Crippen molar-refractivity contribution in [3.63, 3.8) is 0 Å². The van der Waals surface area contributed by atoms with Gasteiger partial charge in [-0.25, -0.2) is 0 Å². The normalized spacial score (nSPS) is 11.9. The van der Waals surface area contributed by atoms with Gasteiger partial charge in [0.2, 0.25) is 0 Å². The number of ether oxygens (including phenoxy) is 2. The second-order valence-corrected chi connectivity index (χ2v) is 7.65. The van der Waals surface area contributed by atoms with E-state index in [1.165, 1.54) is 16.7 Å². The van der Waals surface area contributed by atoms with Gasteiger partial charge >= 0.3 is 5.97 Å². The molecule has 0 unspecified atom stereocenters. The van der Waals surface area contributed by atoms with Gasteiger partial charge in [0.1, 0.15) is 6.61 Å². The summed E-state index contributed by atoms with van der Waals surface area (Å²) in [6.45, 7) is 9.09. The maximum Gasteiger partial charge on any atom is 0.303 e. The Labute approximate surface area is 175 Å². The molecule has 1 rings (SSSR count). The van der Waals surface area contributed by atoms with Crippen molar-refractivity contribution in [2.24, 2.45) is 0 Å². The molecule has 29 heavy (non-hydrogen) atoms. The number of carbonyl (C=O) groups is 1. The summed E-state index contributed by atoms with van der Waals surface area (Å²) in [6.07, 6.45) is 11.6. The van der Waals surface area contributed by atoms with Gasteiger partial charge in [-0.3, -0.25) is 4.79 Å². The van der Waals surface area contributed by atoms with Crippen molar-refractivity contribution in [1.82, 2.24) is 0 Å². The number of carboxylic acid groups (broad SMARTS) is 1. The zero-order chi connectivity index (χ0) is 21.6. The Kier molecular flexibility index (Phi) is 11.6. The lowest BCUT2D eigenvalue weighted by molar-refractivity contribution is -0.136. The number of methoxy groups -OCH3 is 1. The fraction of sp³-hybridized carbons (Fsp3) is 0.480. The summed E-state index contributed by atoms with van der Waals surface area (Å²) in [7, 11) is 1.59. The predicted molar refractivity (Wildman–Crippen MR) is 120 cm³/mol. The molecule has 0 bridgehead atoms. The van der Waals surface area contributed by atoms with E-state index in [1.54, 1.807) is 7.11 Å². The zero-order valence-electron chi connectivity index (χ0n) is 18.6. The van der Waals surface area contributed by atoms with Crippen molar-refractivity contribution in [3.05, 3.63) is 58.7 Å². The molecular formula is C25H36O4. The van der Waals surface area contributed by atoms with E-state index in [2.05, 4.69) is 45.9 Å². The van der Waals surface area contributed by atoms with Crippen molar-refractivity contribution in [2.45, 2.75) is 66.2 Å². The third-order valence-corrected chi connectivity index (χ3v) is 4.65. The lowest BCUT2D eigenvalue weighted by Crippen LogP contribution is -2.00. The molecule has 0 saturated carbocycles. The maximum atomic E-state index is 10.7. The van der Waals surface area contributed by atoms with E-state index in [0.29, 0.717) is 24.5 Å². The number of hydrogen-bond donors (Lipinski definition) is 1. The summed E-state index contributed by atoms with van der Waals surface area (Å²) in [5, 5.41) is 8.81. The van der Waals surface area contributed by atoms with Crippen LogP contribution in [0.3, 0.4) is 0 Å². The van der Waals surface area contributed by atoms with Crippen LogP contribution < -0.4 is 9.47 Å². The van der Waals surface area contributed by atoms with Crippen LogP contribution in [0.4, 0.5) is 0 Å². The molecule has 0 heterocycles. The molecule has 0 spiro atoms. The predicted octanol–water partition coefficient (Wildman–Crippen LogP) is 6.51. The third-order valence-electron chi connectivity index (χ3n) is 4.65. The molecule has 0 amide bonds. The SMILES string of the molecule is COc1cc(CCC(=O)O)ccc1OCC=C(C)CCC=C(C)CCC=C(C)C. The number of carboxylic acids is 1. The fourth-order valence-corrected chi connectivity index (χ4v) is 2.85. The highest BCUT2D eigenvalue weighted by Gasteiger charge is 2.07. The van der Waals surface area contributed by atoms with Crippen molar-refractivity contribution in [1.29, 1.82) is 0 Å². The van der Waals surface area contributed by atoms with Crippen molar-refractivity contribution in [3.8, 4) is 11.5 Å². The van der Waals surface area contributed by atoms with E-state index in [-0.39, 0.29) is 6.42 Å². The van der Waals surface area contributed by atoms with Crippen molar-refractivity contribution < 1.29 is 19.4 Å². The number of aryl methyl sites for hydroxylation is 1. The van der Waals surface area contributed by atoms with Crippen LogP contribution >= 0.6 is 0 Å². The highest BCUT2D eigenvalue weighted by molar-refractivity contribution is 5.67. The van der Waals surface area contributed by atoms with Crippen LogP contribution in [-0.2, 0) is 11.2 Å². The van der Waals surface area contributed by atoms with Crippen LogP contribution in [0.5, 0.6) is 11.5 Å². The minimum absolute atomic E-state index is 0.105. The first-order valence-electron chi connectivity index (χ1n) is 10.3. The monoisotopic (exact) mass is 400 g/mol. The second kappa shape index (κ2) is 13.6. The Morgan fingerprint density at radius 1 is 0.931 bits per heavy atom. The highest BCUT2D eigenvalue weighted by Crippen LogP contribution is 2.28. The molecule has 0 saturated heterocycles. The lowest BCUT2D eigenvalue weighted by Gasteiger charge is -2.11. The molecule has 0 radical (unpaired) electrons. The maximum absolute atomic E-state index is 10.7. The van der Waals surface area contributed by atoms with Gasteiger partial charge in [-0.15, -0.1) is 0 Å². The average molecular weight is 401 g/mol. The third kappa shape index (κ3) is 11.2. The van der Waals surface area contributed by atoms with Gasteiger partial charge in [0.15, 0.2) is 11.5 Å². The van der Waals surface area contributed by atoms with Crippen molar-refractivity contribution >= 4 is 5.97 Å². The van der Waals surface area contributed by atoms with E-state index in [0.717, 1.165) is 31.2 Å². The summed E-state index contributed by atoms with van der Waals surface area (Å²) in [5.74, 6) is 0.502. The van der Waals surface area contributed by atoms with Crippen LogP contribution in [0, 0.1) is 0 Å².